The summed E-state index contributed by atoms with van der Waals surface area (Å²) in [5, 5.41) is 9.16. The van der Waals surface area contributed by atoms with E-state index in [4.69, 9.17) is 22.4 Å². The van der Waals surface area contributed by atoms with Gasteiger partial charge in [-0.25, -0.2) is 0 Å². The number of nitrogens with one attached hydrogen (secondary N) is 1. The molecule has 4 heteroatoms. The fraction of sp³-hybridized carbons (Fsp3) is 0.333. The molecule has 0 amide bonds. The number of hydrogen-bond donors (Lipinski definition) is 3. The van der Waals surface area contributed by atoms with E-state index >= 15 is 0 Å². The number of aliphatic hydroxyl groups is 1. The Labute approximate surface area is 63.8 Å². The Hall–Kier alpha value is -0.510. The van der Waals surface area contributed by atoms with Gasteiger partial charge in [0.05, 0.1) is 12.6 Å². The van der Waals surface area contributed by atoms with E-state index < -0.39 is 0 Å². The van der Waals surface area contributed by atoms with Crippen LogP contribution < -0.4 is 5.73 Å². The maximum absolute atomic E-state index is 8.62. The first-order valence-corrected chi connectivity index (χ1v) is 3.32. The minimum absolute atomic E-state index is 0.0613. The van der Waals surface area contributed by atoms with Crippen molar-refractivity contribution in [3.8, 4) is 0 Å². The summed E-state index contributed by atoms with van der Waals surface area (Å²) in [5.74, 6) is 0. The molecule has 0 unspecified atom stereocenters. The van der Waals surface area contributed by atoms with Gasteiger partial charge in [-0.3, -0.25) is 0 Å². The average molecular weight is 161 g/mol. The molecule has 3 nitrogen and oxygen atoms in total. The third-order valence-electron chi connectivity index (χ3n) is 1.29. The molecular formula is C6H9ClN2O. The number of halogens is 1. The molecule has 0 saturated carbocycles. The highest BCUT2D eigenvalue weighted by Gasteiger charge is 2.04. The van der Waals surface area contributed by atoms with Gasteiger partial charge in [0.15, 0.2) is 0 Å². The summed E-state index contributed by atoms with van der Waals surface area (Å²) in [7, 11) is 0. The number of aliphatic hydroxyl groups excluding tert-OH is 1. The topological polar surface area (TPSA) is 62.0 Å². The van der Waals surface area contributed by atoms with E-state index in [1.54, 1.807) is 12.3 Å². The molecule has 0 aromatic carbocycles. The van der Waals surface area contributed by atoms with Crippen molar-refractivity contribution in [1.29, 1.82) is 0 Å². The third-order valence-corrected chi connectivity index (χ3v) is 1.51. The van der Waals surface area contributed by atoms with Gasteiger partial charge in [0.25, 0.3) is 0 Å². The Balaban J connectivity index is 2.74. The van der Waals surface area contributed by atoms with Crippen molar-refractivity contribution in [2.75, 3.05) is 6.61 Å². The lowest BCUT2D eigenvalue weighted by Gasteiger charge is -2.02. The van der Waals surface area contributed by atoms with Gasteiger partial charge in [-0.2, -0.15) is 0 Å². The number of hydrogen-bond acceptors (Lipinski definition) is 2. The van der Waals surface area contributed by atoms with Gasteiger partial charge < -0.3 is 15.8 Å². The maximum atomic E-state index is 8.62. The van der Waals surface area contributed by atoms with Crippen LogP contribution in [0.15, 0.2) is 12.3 Å². The van der Waals surface area contributed by atoms with Crippen LogP contribution in [-0.4, -0.2) is 16.7 Å². The molecule has 1 aromatic rings. The average Bonchev–Trinajstić information content (AvgIpc) is 2.34. The molecule has 1 aromatic heterocycles. The molecule has 1 heterocycles. The summed E-state index contributed by atoms with van der Waals surface area (Å²) in [6.07, 6.45) is 1.68. The highest BCUT2D eigenvalue weighted by atomic mass is 35.5. The Morgan fingerprint density at radius 2 is 2.50 bits per heavy atom. The van der Waals surface area contributed by atoms with Crippen molar-refractivity contribution in [2.24, 2.45) is 5.73 Å². The van der Waals surface area contributed by atoms with Gasteiger partial charge in [-0.15, -0.1) is 0 Å². The van der Waals surface area contributed by atoms with Gasteiger partial charge in [0, 0.05) is 6.20 Å². The fourth-order valence-corrected chi connectivity index (χ4v) is 0.882. The summed E-state index contributed by atoms with van der Waals surface area (Å²) in [6.45, 7) is -0.0613. The van der Waals surface area contributed by atoms with E-state index in [1.165, 1.54) is 0 Å². The maximum Gasteiger partial charge on any atom is 0.106 e. The summed E-state index contributed by atoms with van der Waals surface area (Å²) < 4.78 is 0. The Bertz CT molecular complexity index is 211. The monoisotopic (exact) mass is 160 g/mol. The summed E-state index contributed by atoms with van der Waals surface area (Å²) >= 11 is 5.57. The molecule has 0 aliphatic rings. The standard InChI is InChI=1S/C6H9ClN2O/c7-6-1-4(2-9-6)5(8)3-10/h1-2,5,9-10H,3,8H2/t5-/m1/s1. The first-order valence-electron chi connectivity index (χ1n) is 2.94. The highest BCUT2D eigenvalue weighted by Crippen LogP contribution is 2.13. The molecule has 0 aliphatic heterocycles. The van der Waals surface area contributed by atoms with Crippen LogP contribution in [0.25, 0.3) is 0 Å². The van der Waals surface area contributed by atoms with Crippen LogP contribution in [0.3, 0.4) is 0 Å². The molecular weight excluding hydrogens is 152 g/mol. The summed E-state index contributed by atoms with van der Waals surface area (Å²) in [6, 6.07) is 1.37. The minimum atomic E-state index is -0.330. The van der Waals surface area contributed by atoms with E-state index in [1.807, 2.05) is 0 Å². The molecule has 0 saturated heterocycles. The van der Waals surface area contributed by atoms with Crippen LogP contribution in [0.5, 0.6) is 0 Å². The molecule has 10 heavy (non-hydrogen) atoms. The summed E-state index contributed by atoms with van der Waals surface area (Å²) in [5.41, 5.74) is 6.31. The van der Waals surface area contributed by atoms with Crippen LogP contribution in [0, 0.1) is 0 Å². The number of nitrogens with two attached hydrogens (primary N) is 1. The van der Waals surface area contributed by atoms with Crippen molar-refractivity contribution in [2.45, 2.75) is 6.04 Å². The quantitative estimate of drug-likeness (QED) is 0.595. The predicted octanol–water partition coefficient (Wildman–Crippen LogP) is 0.660. The van der Waals surface area contributed by atoms with Crippen LogP contribution in [0.2, 0.25) is 5.15 Å². The zero-order chi connectivity index (χ0) is 7.56. The first-order chi connectivity index (χ1) is 4.74. The van der Waals surface area contributed by atoms with Crippen LogP contribution in [0.4, 0.5) is 0 Å². The minimum Gasteiger partial charge on any atom is -0.394 e. The molecule has 56 valence electrons. The van der Waals surface area contributed by atoms with Crippen molar-refractivity contribution in [1.82, 2.24) is 4.98 Å². The Morgan fingerprint density at radius 1 is 1.80 bits per heavy atom. The second-order valence-electron chi connectivity index (χ2n) is 2.07. The predicted molar refractivity (Wildman–Crippen MR) is 39.8 cm³/mol. The Kier molecular flexibility index (Phi) is 2.32. The molecule has 0 fully saturated rings. The molecule has 1 atom stereocenters. The second-order valence-corrected chi connectivity index (χ2v) is 2.48. The number of rotatable bonds is 2. The summed E-state index contributed by atoms with van der Waals surface area (Å²) in [4.78, 5) is 2.76. The van der Waals surface area contributed by atoms with E-state index in [9.17, 15) is 0 Å². The van der Waals surface area contributed by atoms with Crippen molar-refractivity contribution >= 4 is 11.6 Å². The van der Waals surface area contributed by atoms with Crippen molar-refractivity contribution in [3.63, 3.8) is 0 Å². The third kappa shape index (κ3) is 1.50. The molecule has 0 radical (unpaired) electrons. The number of aromatic amines is 1. The second kappa shape index (κ2) is 3.05. The lowest BCUT2D eigenvalue weighted by Crippen LogP contribution is -2.13. The van der Waals surface area contributed by atoms with Crippen molar-refractivity contribution in [3.05, 3.63) is 23.0 Å². The molecule has 0 spiro atoms. The lowest BCUT2D eigenvalue weighted by molar-refractivity contribution is 0.268. The molecule has 0 aliphatic carbocycles. The number of H-pyrrole nitrogens is 1. The molecule has 0 bridgehead atoms. The molecule has 4 N–H and O–H groups in total. The van der Waals surface area contributed by atoms with E-state index in [2.05, 4.69) is 4.98 Å². The van der Waals surface area contributed by atoms with Crippen LogP contribution >= 0.6 is 11.6 Å². The van der Waals surface area contributed by atoms with Gasteiger partial charge >= 0.3 is 0 Å². The fourth-order valence-electron chi connectivity index (χ4n) is 0.701. The van der Waals surface area contributed by atoms with Crippen LogP contribution in [-0.2, 0) is 0 Å². The zero-order valence-corrected chi connectivity index (χ0v) is 6.10. The van der Waals surface area contributed by atoms with Gasteiger partial charge in [-0.05, 0) is 11.6 Å². The zero-order valence-electron chi connectivity index (χ0n) is 5.34. The number of aromatic nitrogens is 1. The van der Waals surface area contributed by atoms with E-state index in [-0.39, 0.29) is 12.6 Å². The highest BCUT2D eigenvalue weighted by molar-refractivity contribution is 6.29. The lowest BCUT2D eigenvalue weighted by atomic mass is 10.2. The van der Waals surface area contributed by atoms with E-state index in [0.29, 0.717) is 5.15 Å². The first kappa shape index (κ1) is 7.60. The van der Waals surface area contributed by atoms with Crippen LogP contribution in [0.1, 0.15) is 11.6 Å². The Morgan fingerprint density at radius 3 is 2.90 bits per heavy atom. The van der Waals surface area contributed by atoms with Gasteiger partial charge in [-0.1, -0.05) is 11.6 Å². The normalized spacial score (nSPS) is 13.5. The largest absolute Gasteiger partial charge is 0.394 e. The smallest absolute Gasteiger partial charge is 0.106 e. The van der Waals surface area contributed by atoms with Crippen molar-refractivity contribution < 1.29 is 5.11 Å². The van der Waals surface area contributed by atoms with Gasteiger partial charge in [0.1, 0.15) is 5.15 Å². The SMILES string of the molecule is N[C@H](CO)c1c[nH]c(Cl)c1. The van der Waals surface area contributed by atoms with Gasteiger partial charge in [0.2, 0.25) is 0 Å². The molecule has 1 rings (SSSR count). The van der Waals surface area contributed by atoms with E-state index in [0.717, 1.165) is 5.56 Å².